The molecular formula is C15H12ClNO3S. The van der Waals surface area contributed by atoms with Crippen molar-refractivity contribution in [1.82, 2.24) is 4.90 Å². The van der Waals surface area contributed by atoms with E-state index in [0.29, 0.717) is 28.4 Å². The van der Waals surface area contributed by atoms with Crippen LogP contribution in [0.25, 0.3) is 0 Å². The zero-order valence-corrected chi connectivity index (χ0v) is 12.5. The van der Waals surface area contributed by atoms with Crippen LogP contribution < -0.4 is 0 Å². The van der Waals surface area contributed by atoms with E-state index in [9.17, 15) is 14.7 Å². The molecule has 108 valence electrons. The third-order valence-corrected chi connectivity index (χ3v) is 4.92. The third kappa shape index (κ3) is 2.43. The van der Waals surface area contributed by atoms with Crippen molar-refractivity contribution in [3.05, 3.63) is 56.7 Å². The molecule has 0 fully saturated rings. The monoisotopic (exact) mass is 321 g/mol. The number of nitrogens with zero attached hydrogens (tertiary/aromatic N) is 1. The molecule has 1 N–H and O–H groups in total. The standard InChI is InChI=1S/C15H12ClNO3S/c16-11-6-8-21-13(11)14(18)17-7-5-9-3-1-2-4-10(9)12(17)15(19)20/h1-4,6,8,12H,5,7H2,(H,19,20). The van der Waals surface area contributed by atoms with Crippen LogP contribution in [0.5, 0.6) is 0 Å². The number of fused-ring (bicyclic) bond motifs is 1. The Hall–Kier alpha value is -1.85. The number of hydrogen-bond acceptors (Lipinski definition) is 3. The molecule has 1 aromatic heterocycles. The van der Waals surface area contributed by atoms with Gasteiger partial charge in [0.1, 0.15) is 4.88 Å². The van der Waals surface area contributed by atoms with Crippen LogP contribution in [-0.2, 0) is 11.2 Å². The van der Waals surface area contributed by atoms with E-state index in [1.165, 1.54) is 16.2 Å². The van der Waals surface area contributed by atoms with E-state index in [-0.39, 0.29) is 5.91 Å². The van der Waals surface area contributed by atoms with Gasteiger partial charge in [-0.1, -0.05) is 35.9 Å². The molecule has 21 heavy (non-hydrogen) atoms. The number of carboxylic acids is 1. The van der Waals surface area contributed by atoms with E-state index in [0.717, 1.165) is 5.56 Å². The number of thiophene rings is 1. The Balaban J connectivity index is 2.02. The van der Waals surface area contributed by atoms with E-state index in [1.807, 2.05) is 12.1 Å². The first-order valence-electron chi connectivity index (χ1n) is 6.44. The number of halogens is 1. The van der Waals surface area contributed by atoms with Crippen molar-refractivity contribution in [3.8, 4) is 0 Å². The van der Waals surface area contributed by atoms with Crippen LogP contribution in [0.2, 0.25) is 5.02 Å². The third-order valence-electron chi connectivity index (χ3n) is 3.59. The van der Waals surface area contributed by atoms with Gasteiger partial charge in [0.2, 0.25) is 0 Å². The molecule has 1 aliphatic rings. The van der Waals surface area contributed by atoms with Crippen LogP contribution in [-0.4, -0.2) is 28.4 Å². The lowest BCUT2D eigenvalue weighted by molar-refractivity contribution is -0.143. The van der Waals surface area contributed by atoms with Crippen molar-refractivity contribution in [3.63, 3.8) is 0 Å². The number of hydrogen-bond donors (Lipinski definition) is 1. The second kappa shape index (κ2) is 5.50. The van der Waals surface area contributed by atoms with Gasteiger partial charge in [-0.2, -0.15) is 0 Å². The van der Waals surface area contributed by atoms with Crippen LogP contribution in [0, 0.1) is 0 Å². The number of amides is 1. The van der Waals surface area contributed by atoms with Crippen molar-refractivity contribution in [2.24, 2.45) is 0 Å². The Morgan fingerprint density at radius 2 is 2.05 bits per heavy atom. The van der Waals surface area contributed by atoms with E-state index in [4.69, 9.17) is 11.6 Å². The summed E-state index contributed by atoms with van der Waals surface area (Å²) >= 11 is 7.23. The summed E-state index contributed by atoms with van der Waals surface area (Å²) in [5.41, 5.74) is 1.66. The number of aliphatic carboxylic acids is 1. The van der Waals surface area contributed by atoms with Gasteiger partial charge in [0.25, 0.3) is 5.91 Å². The summed E-state index contributed by atoms with van der Waals surface area (Å²) in [6.45, 7) is 0.376. The van der Waals surface area contributed by atoms with Crippen molar-refractivity contribution >= 4 is 34.8 Å². The minimum atomic E-state index is -1.02. The molecule has 2 aromatic rings. The lowest BCUT2D eigenvalue weighted by atomic mass is 9.92. The highest BCUT2D eigenvalue weighted by Gasteiger charge is 2.36. The lowest BCUT2D eigenvalue weighted by Gasteiger charge is -2.34. The van der Waals surface area contributed by atoms with E-state index < -0.39 is 12.0 Å². The molecule has 1 aliphatic heterocycles. The summed E-state index contributed by atoms with van der Waals surface area (Å²) in [5.74, 6) is -1.35. The van der Waals surface area contributed by atoms with E-state index in [2.05, 4.69) is 0 Å². The van der Waals surface area contributed by atoms with Gasteiger partial charge >= 0.3 is 5.97 Å². The van der Waals surface area contributed by atoms with Crippen molar-refractivity contribution in [2.75, 3.05) is 6.54 Å². The Labute approximate surface area is 130 Å². The quantitative estimate of drug-likeness (QED) is 0.924. The zero-order valence-electron chi connectivity index (χ0n) is 11.0. The Kier molecular flexibility index (Phi) is 3.69. The highest BCUT2D eigenvalue weighted by molar-refractivity contribution is 7.12. The minimum Gasteiger partial charge on any atom is -0.479 e. The van der Waals surface area contributed by atoms with Gasteiger partial charge < -0.3 is 10.0 Å². The predicted octanol–water partition coefficient (Wildman–Crippen LogP) is 3.23. The van der Waals surface area contributed by atoms with Crippen LogP contribution in [0.1, 0.15) is 26.8 Å². The lowest BCUT2D eigenvalue weighted by Crippen LogP contribution is -2.43. The maximum atomic E-state index is 12.6. The zero-order chi connectivity index (χ0) is 15.0. The molecule has 0 saturated heterocycles. The average molecular weight is 322 g/mol. The molecule has 1 aromatic carbocycles. The molecule has 4 nitrogen and oxygen atoms in total. The first-order valence-corrected chi connectivity index (χ1v) is 7.70. The fourth-order valence-corrected chi connectivity index (χ4v) is 3.72. The first kappa shape index (κ1) is 14.1. The van der Waals surface area contributed by atoms with Gasteiger partial charge in [0, 0.05) is 6.54 Å². The molecular weight excluding hydrogens is 310 g/mol. The van der Waals surface area contributed by atoms with Gasteiger partial charge in [-0.25, -0.2) is 4.79 Å². The molecule has 2 heterocycles. The number of carbonyl (C=O) groups is 2. The molecule has 1 atom stereocenters. The maximum absolute atomic E-state index is 12.6. The van der Waals surface area contributed by atoms with Gasteiger partial charge in [-0.3, -0.25) is 4.79 Å². The van der Waals surface area contributed by atoms with Gasteiger partial charge in [0.05, 0.1) is 5.02 Å². The molecule has 0 saturated carbocycles. The Morgan fingerprint density at radius 3 is 2.71 bits per heavy atom. The number of benzene rings is 1. The SMILES string of the molecule is O=C(O)C1c2ccccc2CCN1C(=O)c1sccc1Cl. The second-order valence-electron chi connectivity index (χ2n) is 4.79. The fourth-order valence-electron chi connectivity index (χ4n) is 2.63. The summed E-state index contributed by atoms with van der Waals surface area (Å²) in [6.07, 6.45) is 0.648. The highest BCUT2D eigenvalue weighted by Crippen LogP contribution is 2.33. The molecule has 0 bridgehead atoms. The molecule has 1 amide bonds. The largest absolute Gasteiger partial charge is 0.479 e. The summed E-state index contributed by atoms with van der Waals surface area (Å²) < 4.78 is 0. The molecule has 0 spiro atoms. The molecule has 1 unspecified atom stereocenters. The first-order chi connectivity index (χ1) is 10.1. The molecule has 6 heteroatoms. The van der Waals surface area contributed by atoms with Crippen molar-refractivity contribution in [1.29, 1.82) is 0 Å². The second-order valence-corrected chi connectivity index (χ2v) is 6.11. The average Bonchev–Trinajstić information content (AvgIpc) is 2.91. The topological polar surface area (TPSA) is 57.6 Å². The van der Waals surface area contributed by atoms with Crippen molar-refractivity contribution < 1.29 is 14.7 Å². The summed E-state index contributed by atoms with van der Waals surface area (Å²) in [4.78, 5) is 26.0. The van der Waals surface area contributed by atoms with Gasteiger partial charge in [-0.05, 0) is 29.0 Å². The number of carboxylic acid groups (broad SMARTS) is 1. The maximum Gasteiger partial charge on any atom is 0.331 e. The normalized spacial score (nSPS) is 17.4. The molecule has 0 radical (unpaired) electrons. The van der Waals surface area contributed by atoms with Crippen LogP contribution in [0.3, 0.4) is 0 Å². The molecule has 0 aliphatic carbocycles. The van der Waals surface area contributed by atoms with E-state index >= 15 is 0 Å². The fraction of sp³-hybridized carbons (Fsp3) is 0.200. The minimum absolute atomic E-state index is 0.322. The van der Waals surface area contributed by atoms with Crippen molar-refractivity contribution in [2.45, 2.75) is 12.5 Å². The Bertz CT molecular complexity index is 712. The highest BCUT2D eigenvalue weighted by atomic mass is 35.5. The predicted molar refractivity (Wildman–Crippen MR) is 80.9 cm³/mol. The van der Waals surface area contributed by atoms with Crippen LogP contribution in [0.4, 0.5) is 0 Å². The van der Waals surface area contributed by atoms with Gasteiger partial charge in [-0.15, -0.1) is 11.3 Å². The number of carbonyl (C=O) groups excluding carboxylic acids is 1. The number of rotatable bonds is 2. The Morgan fingerprint density at radius 1 is 1.29 bits per heavy atom. The summed E-state index contributed by atoms with van der Waals surface area (Å²) in [6, 6.07) is 8.04. The van der Waals surface area contributed by atoms with E-state index in [1.54, 1.807) is 23.6 Å². The van der Waals surface area contributed by atoms with Gasteiger partial charge in [0.15, 0.2) is 6.04 Å². The smallest absolute Gasteiger partial charge is 0.331 e. The summed E-state index contributed by atoms with van der Waals surface area (Å²) in [5, 5.41) is 11.6. The molecule has 3 rings (SSSR count). The van der Waals surface area contributed by atoms with Crippen LogP contribution >= 0.6 is 22.9 Å². The summed E-state index contributed by atoms with van der Waals surface area (Å²) in [7, 11) is 0. The van der Waals surface area contributed by atoms with Crippen LogP contribution in [0.15, 0.2) is 35.7 Å².